The van der Waals surface area contributed by atoms with Crippen LogP contribution in [0.15, 0.2) is 0 Å². The molecule has 5 nitrogen and oxygen atoms in total. The van der Waals surface area contributed by atoms with Crippen molar-refractivity contribution in [2.45, 2.75) is 18.9 Å². The van der Waals surface area contributed by atoms with Crippen LogP contribution in [-0.2, 0) is 9.59 Å². The number of carbonyl (C=O) groups is 2. The molecule has 86 valence electrons. The molecule has 0 saturated carbocycles. The smallest absolute Gasteiger partial charge is 0.244 e. The van der Waals surface area contributed by atoms with E-state index in [9.17, 15) is 9.59 Å². The molecule has 0 aromatic heterocycles. The number of hydrogen-bond acceptors (Lipinski definition) is 3. The molecule has 0 aromatic carbocycles. The molecule has 1 atom stereocenters. The Morgan fingerprint density at radius 2 is 2.07 bits per heavy atom. The predicted octanol–water partition coefficient (Wildman–Crippen LogP) is -0.715. The molecule has 1 saturated heterocycles. The van der Waals surface area contributed by atoms with Crippen molar-refractivity contribution in [2.24, 2.45) is 0 Å². The second-order valence-corrected chi connectivity index (χ2v) is 4.22. The van der Waals surface area contributed by atoms with Gasteiger partial charge in [-0.3, -0.25) is 9.59 Å². The van der Waals surface area contributed by atoms with Crippen LogP contribution in [0.2, 0.25) is 0 Å². The Kier molecular flexibility index (Phi) is 4.08. The molecular weight excluding hydrogens is 194 g/mol. The summed E-state index contributed by atoms with van der Waals surface area (Å²) in [5.74, 6) is -0.00272. The van der Waals surface area contributed by atoms with E-state index >= 15 is 0 Å². The third kappa shape index (κ3) is 3.51. The van der Waals surface area contributed by atoms with Gasteiger partial charge in [0.1, 0.15) is 6.04 Å². The molecule has 0 bridgehead atoms. The van der Waals surface area contributed by atoms with Crippen molar-refractivity contribution >= 4 is 11.8 Å². The highest BCUT2D eigenvalue weighted by Crippen LogP contribution is 2.08. The first kappa shape index (κ1) is 12.0. The summed E-state index contributed by atoms with van der Waals surface area (Å²) in [6.07, 6.45) is 1.10. The summed E-state index contributed by atoms with van der Waals surface area (Å²) in [4.78, 5) is 26.5. The van der Waals surface area contributed by atoms with Crippen LogP contribution in [0.4, 0.5) is 0 Å². The van der Waals surface area contributed by atoms with E-state index in [0.29, 0.717) is 19.4 Å². The first-order chi connectivity index (χ1) is 7.00. The van der Waals surface area contributed by atoms with Crippen molar-refractivity contribution in [3.63, 3.8) is 0 Å². The van der Waals surface area contributed by atoms with Gasteiger partial charge in [-0.2, -0.15) is 0 Å². The summed E-state index contributed by atoms with van der Waals surface area (Å²) in [5.41, 5.74) is 0. The van der Waals surface area contributed by atoms with Crippen LogP contribution < -0.4 is 5.32 Å². The van der Waals surface area contributed by atoms with Crippen molar-refractivity contribution in [1.29, 1.82) is 0 Å². The Labute approximate surface area is 90.4 Å². The lowest BCUT2D eigenvalue weighted by Gasteiger charge is -2.22. The maximum absolute atomic E-state index is 11.8. The molecular formula is C10H19N3O2. The summed E-state index contributed by atoms with van der Waals surface area (Å²) in [6, 6.07) is -0.301. The van der Waals surface area contributed by atoms with Crippen molar-refractivity contribution in [2.75, 3.05) is 34.2 Å². The van der Waals surface area contributed by atoms with Crippen LogP contribution in [-0.4, -0.2) is 61.9 Å². The highest BCUT2D eigenvalue weighted by molar-refractivity contribution is 5.90. The van der Waals surface area contributed by atoms with E-state index in [1.165, 1.54) is 0 Å². The second kappa shape index (κ2) is 5.11. The zero-order valence-corrected chi connectivity index (χ0v) is 9.62. The fourth-order valence-electron chi connectivity index (χ4n) is 1.53. The average Bonchev–Trinajstić information content (AvgIpc) is 2.60. The number of likely N-dealkylation sites (N-methyl/N-ethyl adjacent to an activating group) is 2. The van der Waals surface area contributed by atoms with E-state index in [1.54, 1.807) is 11.9 Å². The highest BCUT2D eigenvalue weighted by atomic mass is 16.2. The number of hydrogen-bond donors (Lipinski definition) is 1. The maximum Gasteiger partial charge on any atom is 0.244 e. The summed E-state index contributed by atoms with van der Waals surface area (Å²) >= 11 is 0. The fourth-order valence-corrected chi connectivity index (χ4v) is 1.53. The quantitative estimate of drug-likeness (QED) is 0.671. The number of nitrogens with one attached hydrogen (secondary N) is 1. The van der Waals surface area contributed by atoms with Gasteiger partial charge >= 0.3 is 0 Å². The Morgan fingerprint density at radius 3 is 2.53 bits per heavy atom. The lowest BCUT2D eigenvalue weighted by atomic mass is 10.2. The highest BCUT2D eigenvalue weighted by Gasteiger charge is 2.29. The van der Waals surface area contributed by atoms with Crippen molar-refractivity contribution in [3.8, 4) is 0 Å². The minimum absolute atomic E-state index is 0.0164. The van der Waals surface area contributed by atoms with E-state index in [2.05, 4.69) is 5.32 Å². The molecule has 1 heterocycles. The molecule has 1 N–H and O–H groups in total. The molecule has 0 spiro atoms. The Balaban J connectivity index is 2.35. The molecule has 1 aliphatic rings. The molecule has 15 heavy (non-hydrogen) atoms. The van der Waals surface area contributed by atoms with E-state index in [1.807, 2.05) is 19.0 Å². The Hall–Kier alpha value is -1.10. The van der Waals surface area contributed by atoms with Crippen molar-refractivity contribution in [1.82, 2.24) is 15.1 Å². The molecule has 5 heteroatoms. The van der Waals surface area contributed by atoms with Gasteiger partial charge in [-0.25, -0.2) is 0 Å². The van der Waals surface area contributed by atoms with Crippen LogP contribution in [0.5, 0.6) is 0 Å². The summed E-state index contributed by atoms with van der Waals surface area (Å²) in [7, 11) is 5.71. The number of amides is 2. The molecule has 0 aliphatic carbocycles. The lowest BCUT2D eigenvalue weighted by Crippen LogP contribution is -2.44. The van der Waals surface area contributed by atoms with Crippen LogP contribution in [0.1, 0.15) is 12.8 Å². The first-order valence-corrected chi connectivity index (χ1v) is 5.20. The Morgan fingerprint density at radius 1 is 1.40 bits per heavy atom. The van der Waals surface area contributed by atoms with Gasteiger partial charge in [0.2, 0.25) is 11.8 Å². The maximum atomic E-state index is 11.8. The van der Waals surface area contributed by atoms with Crippen molar-refractivity contribution < 1.29 is 9.59 Å². The average molecular weight is 213 g/mol. The normalized spacial score (nSPS) is 20.5. The molecule has 1 fully saturated rings. The standard InChI is InChI=1S/C10H19N3O2/c1-12(2)6-7-13(3)10(15)8-4-5-9(14)11-8/h8H,4-7H2,1-3H3,(H,11,14). The van der Waals surface area contributed by atoms with Gasteiger partial charge < -0.3 is 15.1 Å². The first-order valence-electron chi connectivity index (χ1n) is 5.20. The molecule has 1 unspecified atom stereocenters. The largest absolute Gasteiger partial charge is 0.344 e. The zero-order chi connectivity index (χ0) is 11.4. The van der Waals surface area contributed by atoms with Crippen LogP contribution in [0.25, 0.3) is 0 Å². The molecule has 0 aromatic rings. The van der Waals surface area contributed by atoms with Gasteiger partial charge in [-0.1, -0.05) is 0 Å². The second-order valence-electron chi connectivity index (χ2n) is 4.22. The molecule has 1 aliphatic heterocycles. The topological polar surface area (TPSA) is 52.7 Å². The van der Waals surface area contributed by atoms with E-state index < -0.39 is 0 Å². The zero-order valence-electron chi connectivity index (χ0n) is 9.62. The minimum atomic E-state index is -0.301. The molecule has 1 rings (SSSR count). The van der Waals surface area contributed by atoms with Gasteiger partial charge in [-0.05, 0) is 20.5 Å². The number of rotatable bonds is 4. The van der Waals surface area contributed by atoms with Gasteiger partial charge in [0.15, 0.2) is 0 Å². The van der Waals surface area contributed by atoms with Gasteiger partial charge in [-0.15, -0.1) is 0 Å². The van der Waals surface area contributed by atoms with E-state index in [4.69, 9.17) is 0 Å². The Bertz CT molecular complexity index is 253. The SMILES string of the molecule is CN(C)CCN(C)C(=O)C1CCC(=O)N1. The van der Waals surface area contributed by atoms with E-state index in [0.717, 1.165) is 6.54 Å². The fraction of sp³-hybridized carbons (Fsp3) is 0.800. The molecule has 0 radical (unpaired) electrons. The summed E-state index contributed by atoms with van der Waals surface area (Å²) in [6.45, 7) is 1.53. The molecule has 2 amide bonds. The predicted molar refractivity (Wildman–Crippen MR) is 57.4 cm³/mol. The lowest BCUT2D eigenvalue weighted by molar-refractivity contribution is -0.133. The van der Waals surface area contributed by atoms with Gasteiger partial charge in [0, 0.05) is 26.6 Å². The van der Waals surface area contributed by atoms with Gasteiger partial charge in [0.05, 0.1) is 0 Å². The number of nitrogens with zero attached hydrogens (tertiary/aromatic N) is 2. The third-order valence-electron chi connectivity index (χ3n) is 2.55. The van der Waals surface area contributed by atoms with Crippen LogP contribution in [0.3, 0.4) is 0 Å². The minimum Gasteiger partial charge on any atom is -0.344 e. The van der Waals surface area contributed by atoms with Gasteiger partial charge in [0.25, 0.3) is 0 Å². The van der Waals surface area contributed by atoms with Crippen LogP contribution in [0, 0.1) is 0 Å². The summed E-state index contributed by atoms with van der Waals surface area (Å²) < 4.78 is 0. The summed E-state index contributed by atoms with van der Waals surface area (Å²) in [5, 5.41) is 2.68. The van der Waals surface area contributed by atoms with Crippen molar-refractivity contribution in [3.05, 3.63) is 0 Å². The third-order valence-corrected chi connectivity index (χ3v) is 2.55. The van der Waals surface area contributed by atoms with Crippen LogP contribution >= 0.6 is 0 Å². The monoisotopic (exact) mass is 213 g/mol. The number of carbonyl (C=O) groups excluding carboxylic acids is 2. The van der Waals surface area contributed by atoms with E-state index in [-0.39, 0.29) is 17.9 Å².